The summed E-state index contributed by atoms with van der Waals surface area (Å²) in [5.74, 6) is 0.667. The Hall–Kier alpha value is -1.87. The van der Waals surface area contributed by atoms with E-state index in [-0.39, 0.29) is 35.8 Å². The van der Waals surface area contributed by atoms with Crippen LogP contribution in [0.15, 0.2) is 30.3 Å². The van der Waals surface area contributed by atoms with Gasteiger partial charge in [-0.05, 0) is 62.5 Å². The molecule has 0 aliphatic heterocycles. The largest absolute Gasteiger partial charge is 0.455 e. The molecule has 1 amide bonds. The zero-order chi connectivity index (χ0) is 19.8. The van der Waals surface area contributed by atoms with Crippen molar-refractivity contribution in [2.45, 2.75) is 49.3 Å². The summed E-state index contributed by atoms with van der Waals surface area (Å²) >= 11 is 3.91. The fraction of sp³-hybridized carbons (Fsp3) is 0.591. The van der Waals surface area contributed by atoms with Crippen LogP contribution in [0, 0.1) is 28.6 Å². The predicted molar refractivity (Wildman–Crippen MR) is 109 cm³/mol. The van der Waals surface area contributed by atoms with Gasteiger partial charge in [0.25, 0.3) is 5.91 Å². The van der Waals surface area contributed by atoms with Crippen molar-refractivity contribution in [1.29, 1.82) is 5.26 Å². The number of alkyl halides is 1. The Morgan fingerprint density at radius 3 is 2.46 bits per heavy atom. The Labute approximate surface area is 174 Å². The first-order valence-corrected chi connectivity index (χ1v) is 10.8. The Kier molecular flexibility index (Phi) is 5.22. The fourth-order valence-corrected chi connectivity index (χ4v) is 7.37. The molecular formula is C22H25BrN2O3. The van der Waals surface area contributed by atoms with Gasteiger partial charge in [0.2, 0.25) is 0 Å². The van der Waals surface area contributed by atoms with E-state index in [1.54, 1.807) is 0 Å². The predicted octanol–water partition coefficient (Wildman–Crippen LogP) is 4.21. The van der Waals surface area contributed by atoms with Crippen LogP contribution in [0.5, 0.6) is 0 Å². The number of esters is 1. The zero-order valence-corrected chi connectivity index (χ0v) is 17.5. The van der Waals surface area contributed by atoms with Gasteiger partial charge >= 0.3 is 5.97 Å². The van der Waals surface area contributed by atoms with E-state index in [0.717, 1.165) is 32.1 Å². The van der Waals surface area contributed by atoms with Crippen LogP contribution in [0.3, 0.4) is 0 Å². The highest BCUT2D eigenvalue weighted by Gasteiger charge is 2.60. The highest BCUT2D eigenvalue weighted by molar-refractivity contribution is 9.10. The van der Waals surface area contributed by atoms with Crippen LogP contribution in [-0.4, -0.2) is 29.4 Å². The molecule has 4 aliphatic rings. The monoisotopic (exact) mass is 444 g/mol. The number of para-hydroxylation sites is 1. The number of anilines is 1. The molecule has 4 aliphatic carbocycles. The van der Waals surface area contributed by atoms with Gasteiger partial charge in [0.1, 0.15) is 0 Å². The maximum Gasteiger partial charge on any atom is 0.312 e. The first kappa shape index (κ1) is 19.4. The van der Waals surface area contributed by atoms with E-state index in [1.165, 1.54) is 11.3 Å². The summed E-state index contributed by atoms with van der Waals surface area (Å²) in [6, 6.07) is 11.3. The lowest BCUT2D eigenvalue weighted by Crippen LogP contribution is -2.56. The third-order valence-electron chi connectivity index (χ3n) is 6.57. The lowest BCUT2D eigenvalue weighted by atomic mass is 9.49. The third-order valence-corrected chi connectivity index (χ3v) is 7.49. The molecule has 28 heavy (non-hydrogen) atoms. The summed E-state index contributed by atoms with van der Waals surface area (Å²) in [6.07, 6.45) is 6.34. The molecule has 0 aromatic heterocycles. The van der Waals surface area contributed by atoms with Crippen molar-refractivity contribution in [1.82, 2.24) is 0 Å². The lowest BCUT2D eigenvalue weighted by Gasteiger charge is -2.58. The fourth-order valence-electron chi connectivity index (χ4n) is 5.92. The molecule has 0 spiro atoms. The number of carbonyl (C=O) groups is 2. The number of carbonyl (C=O) groups excluding carboxylic acids is 2. The minimum atomic E-state index is -0.432. The summed E-state index contributed by atoms with van der Waals surface area (Å²) in [5, 5.41) is 8.90. The molecule has 2 unspecified atom stereocenters. The van der Waals surface area contributed by atoms with Crippen molar-refractivity contribution in [3.8, 4) is 6.07 Å². The standard InChI is InChI=1S/C22H25BrN2O3/c23-22-12-16-9-17(13-22)11-21(10-16,15-22)20(27)28-14-19(26)25(8-4-7-24)18-5-2-1-3-6-18/h1-3,5-6,16-17H,4,8-15H2/t16-,17+,21?,22?. The molecule has 4 fully saturated rings. The van der Waals surface area contributed by atoms with Gasteiger partial charge in [-0.2, -0.15) is 5.26 Å². The van der Waals surface area contributed by atoms with Crippen LogP contribution >= 0.6 is 15.9 Å². The maximum atomic E-state index is 13.1. The van der Waals surface area contributed by atoms with Gasteiger partial charge < -0.3 is 9.64 Å². The molecule has 0 saturated heterocycles. The van der Waals surface area contributed by atoms with Crippen LogP contribution < -0.4 is 4.90 Å². The van der Waals surface area contributed by atoms with Crippen LogP contribution in [0.1, 0.15) is 44.9 Å². The summed E-state index contributed by atoms with van der Waals surface area (Å²) in [7, 11) is 0. The van der Waals surface area contributed by atoms with E-state index in [9.17, 15) is 9.59 Å². The molecule has 4 atom stereocenters. The second kappa shape index (κ2) is 7.51. The zero-order valence-electron chi connectivity index (χ0n) is 15.9. The average Bonchev–Trinajstić information content (AvgIpc) is 2.65. The smallest absolute Gasteiger partial charge is 0.312 e. The minimum Gasteiger partial charge on any atom is -0.455 e. The van der Waals surface area contributed by atoms with Gasteiger partial charge in [-0.25, -0.2) is 0 Å². The van der Waals surface area contributed by atoms with Crippen LogP contribution in [0.4, 0.5) is 5.69 Å². The van der Waals surface area contributed by atoms with Crippen molar-refractivity contribution in [3.63, 3.8) is 0 Å². The van der Waals surface area contributed by atoms with E-state index in [2.05, 4.69) is 22.0 Å². The van der Waals surface area contributed by atoms with Gasteiger partial charge in [-0.1, -0.05) is 34.1 Å². The number of hydrogen-bond donors (Lipinski definition) is 0. The Bertz CT molecular complexity index is 790. The van der Waals surface area contributed by atoms with E-state index < -0.39 is 5.41 Å². The van der Waals surface area contributed by atoms with Gasteiger partial charge in [0.05, 0.1) is 17.9 Å². The van der Waals surface area contributed by atoms with Gasteiger partial charge in [-0.15, -0.1) is 0 Å². The molecule has 148 valence electrons. The van der Waals surface area contributed by atoms with Crippen molar-refractivity contribution < 1.29 is 14.3 Å². The van der Waals surface area contributed by atoms with Crippen molar-refractivity contribution in [3.05, 3.63) is 30.3 Å². The highest BCUT2D eigenvalue weighted by atomic mass is 79.9. The molecular weight excluding hydrogens is 420 g/mol. The Morgan fingerprint density at radius 2 is 1.86 bits per heavy atom. The second-order valence-corrected chi connectivity index (χ2v) is 10.4. The number of amides is 1. The van der Waals surface area contributed by atoms with E-state index in [1.807, 2.05) is 30.3 Å². The number of rotatable bonds is 6. The lowest BCUT2D eigenvalue weighted by molar-refractivity contribution is -0.171. The van der Waals surface area contributed by atoms with Crippen LogP contribution in [-0.2, 0) is 14.3 Å². The third kappa shape index (κ3) is 3.69. The molecule has 5 nitrogen and oxygen atoms in total. The van der Waals surface area contributed by atoms with Gasteiger partial charge in [0.15, 0.2) is 6.61 Å². The van der Waals surface area contributed by atoms with Gasteiger partial charge in [-0.3, -0.25) is 9.59 Å². The molecule has 0 heterocycles. The summed E-state index contributed by atoms with van der Waals surface area (Å²) in [4.78, 5) is 27.4. The highest BCUT2D eigenvalue weighted by Crippen LogP contribution is 2.64. The summed E-state index contributed by atoms with van der Waals surface area (Å²) in [6.45, 7) is 0.0161. The molecule has 0 radical (unpaired) electrons. The summed E-state index contributed by atoms with van der Waals surface area (Å²) < 4.78 is 5.65. The Morgan fingerprint density at radius 1 is 1.18 bits per heavy atom. The number of nitrogens with zero attached hydrogens (tertiary/aromatic N) is 2. The van der Waals surface area contributed by atoms with Crippen molar-refractivity contribution >= 4 is 33.5 Å². The van der Waals surface area contributed by atoms with Crippen molar-refractivity contribution in [2.24, 2.45) is 17.3 Å². The average molecular weight is 445 g/mol. The first-order chi connectivity index (χ1) is 13.4. The van der Waals surface area contributed by atoms with E-state index >= 15 is 0 Å². The molecule has 4 bridgehead atoms. The molecule has 1 aromatic rings. The van der Waals surface area contributed by atoms with Crippen LogP contribution in [0.25, 0.3) is 0 Å². The Balaban J connectivity index is 1.42. The minimum absolute atomic E-state index is 0.0724. The first-order valence-electron chi connectivity index (χ1n) is 10.0. The number of hydrogen-bond acceptors (Lipinski definition) is 4. The topological polar surface area (TPSA) is 70.4 Å². The number of halogens is 1. The van der Waals surface area contributed by atoms with E-state index in [0.29, 0.717) is 17.5 Å². The molecule has 0 N–H and O–H groups in total. The van der Waals surface area contributed by atoms with Crippen LogP contribution in [0.2, 0.25) is 0 Å². The van der Waals surface area contributed by atoms with Gasteiger partial charge in [0, 0.05) is 16.6 Å². The normalized spacial score (nSPS) is 32.6. The number of nitriles is 1. The van der Waals surface area contributed by atoms with E-state index in [4.69, 9.17) is 10.00 Å². The molecule has 1 aromatic carbocycles. The molecule has 4 saturated carbocycles. The van der Waals surface area contributed by atoms with Crippen molar-refractivity contribution in [2.75, 3.05) is 18.1 Å². The number of benzene rings is 1. The SMILES string of the molecule is N#CCCN(C(=O)COC(=O)C12C[C@@H]3C[C@@H](CC(Br)(C3)C1)C2)c1ccccc1. The molecule has 6 heteroatoms. The number of ether oxygens (including phenoxy) is 1. The maximum absolute atomic E-state index is 13.1. The second-order valence-electron chi connectivity index (χ2n) is 8.76. The summed E-state index contributed by atoms with van der Waals surface area (Å²) in [5.41, 5.74) is 0.283. The quantitative estimate of drug-likeness (QED) is 0.486. The molecule has 5 rings (SSSR count).